The smallest absolute Gasteiger partial charge is 0.0122 e. The molecule has 0 saturated heterocycles. The molecule has 6 saturated carbocycles. The molecular weight excluding hydrogens is 548 g/mol. The van der Waals surface area contributed by atoms with Crippen molar-refractivity contribution in [1.29, 1.82) is 0 Å². The second-order valence-electron chi connectivity index (χ2n) is 11.5. The number of hydrogen-bond acceptors (Lipinski definition) is 0. The van der Waals surface area contributed by atoms with Crippen LogP contribution in [0, 0.1) is 84.3 Å². The van der Waals surface area contributed by atoms with Gasteiger partial charge in [0.25, 0.3) is 0 Å². The average molecular weight is 584 g/mol. The van der Waals surface area contributed by atoms with Gasteiger partial charge in [0.15, 0.2) is 0 Å². The third kappa shape index (κ3) is 6.06. The summed E-state index contributed by atoms with van der Waals surface area (Å²) in [7, 11) is -0.297. The molecule has 2 aromatic rings. The summed E-state index contributed by atoms with van der Waals surface area (Å²) in [5.74, 6) is 10.4. The van der Waals surface area contributed by atoms with E-state index in [1.807, 2.05) is 0 Å². The molecule has 5 heteroatoms. The second-order valence-corrected chi connectivity index (χ2v) is 15.8. The van der Waals surface area contributed by atoms with Crippen LogP contribution in [0.5, 0.6) is 0 Å². The Morgan fingerprint density at radius 3 is 1.05 bits per heavy atom. The van der Waals surface area contributed by atoms with Crippen molar-refractivity contribution in [2.75, 3.05) is 13.3 Å². The van der Waals surface area contributed by atoms with Crippen molar-refractivity contribution in [3.8, 4) is 0 Å². The Hall–Kier alpha value is -0.0506. The summed E-state index contributed by atoms with van der Waals surface area (Å²) in [6.45, 7) is 4.80. The number of hydrogen-bond donors (Lipinski definition) is 0. The Balaban J connectivity index is 0.000000168. The van der Waals surface area contributed by atoms with Gasteiger partial charge in [-0.05, 0) is 135 Å². The molecule has 6 aliphatic carbocycles. The molecule has 0 nitrogen and oxygen atoms in total. The van der Waals surface area contributed by atoms with Crippen molar-refractivity contribution < 1.29 is 17.1 Å². The maximum atomic E-state index is 2.53. The topological polar surface area (TPSA) is 0 Å². The van der Waals surface area contributed by atoms with E-state index in [9.17, 15) is 0 Å². The van der Waals surface area contributed by atoms with Gasteiger partial charge in [0.1, 0.15) is 0 Å². The Morgan fingerprint density at radius 2 is 0.769 bits per heavy atom. The van der Waals surface area contributed by atoms with Gasteiger partial charge in [-0.1, -0.05) is 76.5 Å². The molecule has 2 aromatic carbocycles. The van der Waals surface area contributed by atoms with E-state index in [0.29, 0.717) is 0 Å². The normalized spacial score (nSPS) is 31.4. The number of fused-ring (bicyclic) bond motifs is 10. The van der Waals surface area contributed by atoms with E-state index in [0.717, 1.165) is 23.7 Å². The van der Waals surface area contributed by atoms with Crippen LogP contribution in [0.25, 0.3) is 0 Å². The number of rotatable bonds is 4. The number of benzene rings is 2. The van der Waals surface area contributed by atoms with Crippen molar-refractivity contribution in [1.82, 2.24) is 0 Å². The predicted octanol–water partition coefficient (Wildman–Crippen LogP) is 7.15. The first-order chi connectivity index (χ1) is 17.7. The molecule has 16 radical (unpaired) electrons. The van der Waals surface area contributed by atoms with Crippen LogP contribution in [0.15, 0.2) is 60.7 Å². The summed E-state index contributed by atoms with van der Waals surface area (Å²) in [5.41, 5.74) is 3.19. The molecule has 0 aliphatic heterocycles. The van der Waals surface area contributed by atoms with Crippen molar-refractivity contribution in [2.24, 2.45) is 23.7 Å². The van der Waals surface area contributed by atoms with E-state index in [1.54, 1.807) is 35.0 Å². The first kappa shape index (κ1) is 31.9. The average Bonchev–Trinajstić information content (AvgIpc) is 3.76. The maximum Gasteiger partial charge on any atom is 0.0122 e. The van der Waals surface area contributed by atoms with Gasteiger partial charge in [-0.2, -0.15) is 0 Å². The molecule has 6 aliphatic rings. The summed E-state index contributed by atoms with van der Waals surface area (Å²) in [6.07, 6.45) is 18.7. The molecule has 0 spiro atoms. The summed E-state index contributed by atoms with van der Waals surface area (Å²) < 4.78 is 0. The van der Waals surface area contributed by atoms with Crippen LogP contribution in [0.2, 0.25) is 0 Å². The SMILES string of the molecule is CP([C]1[CH][C]2[C]([CH]1)C1CCC2C1)c1ccccc1.CP([C]1[CH][C]2[C]([CH]1)C1CCC2C1)c1ccccc1.[B].[B].[Fe]. The van der Waals surface area contributed by atoms with Gasteiger partial charge in [0.05, 0.1) is 0 Å². The van der Waals surface area contributed by atoms with Crippen LogP contribution in [0.3, 0.4) is 0 Å². The largest absolute Gasteiger partial charge is 0.0706 e. The first-order valence-corrected chi connectivity index (χ1v) is 17.4. The molecule has 8 rings (SSSR count). The van der Waals surface area contributed by atoms with Gasteiger partial charge in [0.2, 0.25) is 0 Å². The van der Waals surface area contributed by atoms with Crippen LogP contribution in [0.4, 0.5) is 0 Å². The van der Waals surface area contributed by atoms with Gasteiger partial charge in [-0.25, -0.2) is 0 Å². The Morgan fingerprint density at radius 1 is 0.487 bits per heavy atom. The summed E-state index contributed by atoms with van der Waals surface area (Å²) in [6, 6.07) is 22.0. The molecule has 196 valence electrons. The van der Waals surface area contributed by atoms with Crippen molar-refractivity contribution >= 4 is 43.3 Å². The molecule has 0 heterocycles. The van der Waals surface area contributed by atoms with Crippen molar-refractivity contribution in [3.05, 3.63) is 121 Å². The second kappa shape index (κ2) is 13.5. The van der Waals surface area contributed by atoms with Gasteiger partial charge < -0.3 is 0 Å². The zero-order chi connectivity index (χ0) is 24.2. The summed E-state index contributed by atoms with van der Waals surface area (Å²) in [5, 5.41) is 3.01. The molecular formula is C34H36B2FeP2. The van der Waals surface area contributed by atoms with Crippen LogP contribution in [-0.2, 0) is 17.1 Å². The molecule has 0 amide bonds. The monoisotopic (exact) mass is 584 g/mol. The fourth-order valence-corrected chi connectivity index (χ4v) is 10.7. The summed E-state index contributed by atoms with van der Waals surface area (Å²) in [4.78, 5) is 0. The fourth-order valence-electron chi connectivity index (χ4n) is 7.55. The van der Waals surface area contributed by atoms with Crippen LogP contribution in [-0.4, -0.2) is 30.2 Å². The molecule has 6 unspecified atom stereocenters. The minimum atomic E-state index is -0.148. The zero-order valence-electron chi connectivity index (χ0n) is 23.0. The molecule has 39 heavy (non-hydrogen) atoms. The Labute approximate surface area is 256 Å². The van der Waals surface area contributed by atoms with E-state index < -0.39 is 0 Å². The Kier molecular flexibility index (Phi) is 11.0. The van der Waals surface area contributed by atoms with E-state index in [-0.39, 0.29) is 49.7 Å². The third-order valence-electron chi connectivity index (χ3n) is 9.57. The fraction of sp³-hybridized carbons (Fsp3) is 0.353. The van der Waals surface area contributed by atoms with Crippen LogP contribution < -0.4 is 10.6 Å². The predicted molar refractivity (Wildman–Crippen MR) is 168 cm³/mol. The molecule has 4 bridgehead atoms. The quantitative estimate of drug-likeness (QED) is 0.265. The van der Waals surface area contributed by atoms with Crippen LogP contribution in [0.1, 0.15) is 38.5 Å². The van der Waals surface area contributed by atoms with Gasteiger partial charge in [0, 0.05) is 45.2 Å². The third-order valence-corrected chi connectivity index (χ3v) is 13.8. The van der Waals surface area contributed by atoms with E-state index in [1.165, 1.54) is 49.1 Å². The van der Waals surface area contributed by atoms with E-state index in [4.69, 9.17) is 0 Å². The minimum Gasteiger partial charge on any atom is -0.0706 e. The Bertz CT molecular complexity index is 919. The molecule has 6 atom stereocenters. The standard InChI is InChI=1S/2C17H18P.2B.Fe/c2*1-18(14-5-3-2-4-6-14)15-10-16-12-7-8-13(9-12)17(16)11-15;;;/h2*2-6,10-13H,7-9H2,1H3;;;. The molecule has 0 N–H and O–H groups in total. The van der Waals surface area contributed by atoms with E-state index in [2.05, 4.69) is 99.7 Å². The van der Waals surface area contributed by atoms with E-state index >= 15 is 0 Å². The first-order valence-electron chi connectivity index (χ1n) is 13.8. The molecule has 0 aromatic heterocycles. The zero-order valence-corrected chi connectivity index (χ0v) is 25.9. The van der Waals surface area contributed by atoms with Crippen molar-refractivity contribution in [2.45, 2.75) is 38.5 Å². The van der Waals surface area contributed by atoms with Gasteiger partial charge in [-0.3, -0.25) is 0 Å². The van der Waals surface area contributed by atoms with Crippen LogP contribution >= 0.6 is 15.8 Å². The molecule has 6 fully saturated rings. The van der Waals surface area contributed by atoms with Gasteiger partial charge in [-0.15, -0.1) is 0 Å². The summed E-state index contributed by atoms with van der Waals surface area (Å²) >= 11 is 0. The van der Waals surface area contributed by atoms with Crippen molar-refractivity contribution in [3.63, 3.8) is 0 Å². The minimum absolute atomic E-state index is 0. The van der Waals surface area contributed by atoms with Gasteiger partial charge >= 0.3 is 0 Å². The maximum absolute atomic E-state index is 2.53.